The Balaban J connectivity index is 2.45. The van der Waals surface area contributed by atoms with Crippen LogP contribution in [0, 0.1) is 5.82 Å². The Bertz CT molecular complexity index is 623. The van der Waals surface area contributed by atoms with E-state index in [1.807, 2.05) is 33.9 Å². The zero-order chi connectivity index (χ0) is 14.9. The third kappa shape index (κ3) is 3.25. The molecule has 1 aromatic carbocycles. The monoisotopic (exact) mass is 293 g/mol. The van der Waals surface area contributed by atoms with Gasteiger partial charge in [-0.3, -0.25) is 0 Å². The van der Waals surface area contributed by atoms with E-state index in [4.69, 9.17) is 11.6 Å². The van der Waals surface area contributed by atoms with Crippen LogP contribution in [0.15, 0.2) is 30.3 Å². The van der Waals surface area contributed by atoms with Crippen molar-refractivity contribution >= 4 is 23.1 Å². The van der Waals surface area contributed by atoms with Crippen molar-refractivity contribution in [3.63, 3.8) is 0 Å². The smallest absolute Gasteiger partial charge is 0.137 e. The van der Waals surface area contributed by atoms with Crippen molar-refractivity contribution in [1.29, 1.82) is 0 Å². The minimum absolute atomic E-state index is 0.206. The van der Waals surface area contributed by atoms with Gasteiger partial charge in [-0.2, -0.15) is 0 Å². The first kappa shape index (κ1) is 14.7. The number of anilines is 2. The Labute approximate surface area is 123 Å². The van der Waals surface area contributed by atoms with Crippen LogP contribution >= 0.6 is 11.6 Å². The second-order valence-electron chi connectivity index (χ2n) is 5.66. The standard InChI is InChI=1S/C15H17ClFN3/c1-15(2,3)14-18-12(16)9-13(19-14)20(4)11-7-5-6-10(17)8-11/h5-9H,1-4H3. The molecular formula is C15H17ClFN3. The fourth-order valence-electron chi connectivity index (χ4n) is 1.73. The Morgan fingerprint density at radius 3 is 2.45 bits per heavy atom. The number of benzene rings is 1. The van der Waals surface area contributed by atoms with Gasteiger partial charge < -0.3 is 4.90 Å². The molecule has 5 heteroatoms. The predicted molar refractivity (Wildman–Crippen MR) is 80.2 cm³/mol. The van der Waals surface area contributed by atoms with Gasteiger partial charge in [0.15, 0.2) is 0 Å². The maximum atomic E-state index is 13.3. The maximum absolute atomic E-state index is 13.3. The third-order valence-corrected chi connectivity index (χ3v) is 3.08. The van der Waals surface area contributed by atoms with E-state index in [0.717, 1.165) is 0 Å². The zero-order valence-corrected chi connectivity index (χ0v) is 12.7. The van der Waals surface area contributed by atoms with E-state index in [2.05, 4.69) is 9.97 Å². The lowest BCUT2D eigenvalue weighted by Crippen LogP contribution is -2.19. The summed E-state index contributed by atoms with van der Waals surface area (Å²) < 4.78 is 13.3. The van der Waals surface area contributed by atoms with Gasteiger partial charge >= 0.3 is 0 Å². The molecule has 0 aliphatic heterocycles. The first-order valence-corrected chi connectivity index (χ1v) is 6.69. The van der Waals surface area contributed by atoms with Gasteiger partial charge in [-0.15, -0.1) is 0 Å². The average molecular weight is 294 g/mol. The van der Waals surface area contributed by atoms with Crippen molar-refractivity contribution in [3.05, 3.63) is 47.1 Å². The van der Waals surface area contributed by atoms with Crippen LogP contribution in [0.3, 0.4) is 0 Å². The largest absolute Gasteiger partial charge is 0.329 e. The number of halogens is 2. The Morgan fingerprint density at radius 2 is 1.85 bits per heavy atom. The molecule has 0 N–H and O–H groups in total. The molecule has 1 heterocycles. The van der Waals surface area contributed by atoms with Crippen LogP contribution in [0.1, 0.15) is 26.6 Å². The molecule has 0 radical (unpaired) electrons. The molecule has 0 saturated heterocycles. The zero-order valence-electron chi connectivity index (χ0n) is 12.0. The van der Waals surface area contributed by atoms with E-state index in [0.29, 0.717) is 22.5 Å². The molecule has 106 valence electrons. The minimum Gasteiger partial charge on any atom is -0.329 e. The number of nitrogens with zero attached hydrogens (tertiary/aromatic N) is 3. The van der Waals surface area contributed by atoms with Crippen molar-refractivity contribution in [2.24, 2.45) is 0 Å². The van der Waals surface area contributed by atoms with Gasteiger partial charge in [-0.1, -0.05) is 38.4 Å². The summed E-state index contributed by atoms with van der Waals surface area (Å²) in [6, 6.07) is 8.00. The average Bonchev–Trinajstić information content (AvgIpc) is 2.36. The van der Waals surface area contributed by atoms with Gasteiger partial charge in [0, 0.05) is 24.2 Å². The van der Waals surface area contributed by atoms with Crippen LogP contribution in [0.4, 0.5) is 15.9 Å². The molecule has 0 unspecified atom stereocenters. The highest BCUT2D eigenvalue weighted by molar-refractivity contribution is 6.29. The second-order valence-corrected chi connectivity index (χ2v) is 6.05. The molecule has 0 bridgehead atoms. The molecule has 0 aliphatic rings. The molecular weight excluding hydrogens is 277 g/mol. The van der Waals surface area contributed by atoms with Crippen molar-refractivity contribution in [1.82, 2.24) is 9.97 Å². The third-order valence-electron chi connectivity index (χ3n) is 2.89. The highest BCUT2D eigenvalue weighted by atomic mass is 35.5. The van der Waals surface area contributed by atoms with Crippen LogP contribution in [-0.4, -0.2) is 17.0 Å². The number of aromatic nitrogens is 2. The van der Waals surface area contributed by atoms with Crippen LogP contribution in [0.25, 0.3) is 0 Å². The SMILES string of the molecule is CN(c1cccc(F)c1)c1cc(Cl)nc(C(C)(C)C)n1. The lowest BCUT2D eigenvalue weighted by molar-refractivity contribution is 0.545. The van der Waals surface area contributed by atoms with E-state index in [-0.39, 0.29) is 11.2 Å². The molecule has 2 rings (SSSR count). The summed E-state index contributed by atoms with van der Waals surface area (Å²) in [6.45, 7) is 6.06. The quantitative estimate of drug-likeness (QED) is 0.772. The van der Waals surface area contributed by atoms with E-state index in [1.165, 1.54) is 12.1 Å². The molecule has 0 saturated carbocycles. The summed E-state index contributed by atoms with van der Waals surface area (Å²) in [6.07, 6.45) is 0. The van der Waals surface area contributed by atoms with E-state index in [9.17, 15) is 4.39 Å². The molecule has 3 nitrogen and oxygen atoms in total. The van der Waals surface area contributed by atoms with Crippen molar-refractivity contribution in [2.75, 3.05) is 11.9 Å². The molecule has 2 aromatic rings. The molecule has 1 aromatic heterocycles. The van der Waals surface area contributed by atoms with E-state index >= 15 is 0 Å². The normalized spacial score (nSPS) is 11.5. The molecule has 20 heavy (non-hydrogen) atoms. The van der Waals surface area contributed by atoms with Crippen molar-refractivity contribution < 1.29 is 4.39 Å². The lowest BCUT2D eigenvalue weighted by atomic mass is 9.96. The Kier molecular flexibility index (Phi) is 3.95. The van der Waals surface area contributed by atoms with E-state index < -0.39 is 0 Å². The Hall–Kier alpha value is -1.68. The van der Waals surface area contributed by atoms with Gasteiger partial charge in [-0.25, -0.2) is 14.4 Å². The van der Waals surface area contributed by atoms with Gasteiger partial charge in [0.05, 0.1) is 0 Å². The van der Waals surface area contributed by atoms with Crippen LogP contribution in [0.2, 0.25) is 5.15 Å². The van der Waals surface area contributed by atoms with Crippen LogP contribution in [0.5, 0.6) is 0 Å². The molecule has 0 aliphatic carbocycles. The summed E-state index contributed by atoms with van der Waals surface area (Å²) in [5, 5.41) is 0.378. The minimum atomic E-state index is -0.287. The molecule has 0 spiro atoms. The second kappa shape index (κ2) is 5.37. The summed E-state index contributed by atoms with van der Waals surface area (Å²) in [5.74, 6) is 1.01. The van der Waals surface area contributed by atoms with Gasteiger partial charge in [0.2, 0.25) is 0 Å². The highest BCUT2D eigenvalue weighted by Gasteiger charge is 2.20. The molecule has 0 fully saturated rings. The molecule has 0 amide bonds. The molecule has 0 atom stereocenters. The van der Waals surface area contributed by atoms with E-state index in [1.54, 1.807) is 17.0 Å². The first-order chi connectivity index (χ1) is 9.27. The van der Waals surface area contributed by atoms with Crippen LogP contribution < -0.4 is 4.90 Å². The summed E-state index contributed by atoms with van der Waals surface area (Å²) >= 11 is 6.07. The predicted octanol–water partition coefficient (Wildman–Crippen LogP) is 4.33. The van der Waals surface area contributed by atoms with Crippen LogP contribution in [-0.2, 0) is 5.41 Å². The fourth-order valence-corrected chi connectivity index (χ4v) is 1.91. The number of rotatable bonds is 2. The Morgan fingerprint density at radius 1 is 1.15 bits per heavy atom. The number of hydrogen-bond donors (Lipinski definition) is 0. The van der Waals surface area contributed by atoms with Gasteiger partial charge in [0.25, 0.3) is 0 Å². The summed E-state index contributed by atoms with van der Waals surface area (Å²) in [7, 11) is 1.82. The van der Waals surface area contributed by atoms with Crippen molar-refractivity contribution in [3.8, 4) is 0 Å². The first-order valence-electron chi connectivity index (χ1n) is 6.32. The summed E-state index contributed by atoms with van der Waals surface area (Å²) in [4.78, 5) is 10.6. The highest BCUT2D eigenvalue weighted by Crippen LogP contribution is 2.27. The maximum Gasteiger partial charge on any atom is 0.137 e. The summed E-state index contributed by atoms with van der Waals surface area (Å²) in [5.41, 5.74) is 0.502. The number of hydrogen-bond acceptors (Lipinski definition) is 3. The van der Waals surface area contributed by atoms with Gasteiger partial charge in [-0.05, 0) is 18.2 Å². The topological polar surface area (TPSA) is 29.0 Å². The van der Waals surface area contributed by atoms with Crippen molar-refractivity contribution in [2.45, 2.75) is 26.2 Å². The fraction of sp³-hybridized carbons (Fsp3) is 0.333. The lowest BCUT2D eigenvalue weighted by Gasteiger charge is -2.22. The van der Waals surface area contributed by atoms with Gasteiger partial charge in [0.1, 0.15) is 22.6 Å².